The van der Waals surface area contributed by atoms with E-state index in [4.69, 9.17) is 4.74 Å². The molecule has 3 aromatic rings. The van der Waals surface area contributed by atoms with Crippen LogP contribution in [0.25, 0.3) is 10.6 Å². The van der Waals surface area contributed by atoms with E-state index >= 15 is 0 Å². The van der Waals surface area contributed by atoms with Crippen LogP contribution in [-0.4, -0.2) is 50.6 Å². The van der Waals surface area contributed by atoms with E-state index in [0.717, 1.165) is 55.2 Å². The standard InChI is InChI=1S/C23H25F2N3O3S2/c24-19-6-5-18(16-20(19)25)31-17-9-14-28(15-10-17)13-3-12-27-33(29,30)23-8-7-22(32-23)21-4-1-2-11-26-21/h1-2,4-8,11,16-17,27H,3,9-10,12-15H2. The van der Waals surface area contributed by atoms with Crippen molar-refractivity contribution in [2.45, 2.75) is 29.6 Å². The summed E-state index contributed by atoms with van der Waals surface area (Å²) in [4.78, 5) is 7.32. The Hall–Kier alpha value is -2.40. The summed E-state index contributed by atoms with van der Waals surface area (Å²) in [5.74, 6) is -1.47. The lowest BCUT2D eigenvalue weighted by Crippen LogP contribution is -2.39. The summed E-state index contributed by atoms with van der Waals surface area (Å²) in [5.41, 5.74) is 0.751. The molecule has 0 radical (unpaired) electrons. The van der Waals surface area contributed by atoms with E-state index in [1.807, 2.05) is 18.2 Å². The molecule has 0 atom stereocenters. The molecule has 0 aliphatic carbocycles. The van der Waals surface area contributed by atoms with Crippen molar-refractivity contribution in [3.63, 3.8) is 0 Å². The fraction of sp³-hybridized carbons (Fsp3) is 0.348. The summed E-state index contributed by atoms with van der Waals surface area (Å²) in [6.07, 6.45) is 3.87. The number of ether oxygens (including phenoxy) is 1. The molecule has 3 heterocycles. The normalized spacial score (nSPS) is 15.6. The highest BCUT2D eigenvalue weighted by Gasteiger charge is 2.21. The minimum Gasteiger partial charge on any atom is -0.490 e. The molecular formula is C23H25F2N3O3S2. The third-order valence-corrected chi connectivity index (χ3v) is 8.50. The summed E-state index contributed by atoms with van der Waals surface area (Å²) in [6.45, 7) is 2.73. The van der Waals surface area contributed by atoms with Crippen LogP contribution in [0.3, 0.4) is 0 Å². The zero-order chi connectivity index (χ0) is 23.3. The smallest absolute Gasteiger partial charge is 0.250 e. The van der Waals surface area contributed by atoms with Crippen LogP contribution in [0.2, 0.25) is 0 Å². The number of sulfonamides is 1. The molecule has 1 N–H and O–H groups in total. The Morgan fingerprint density at radius 1 is 1.09 bits per heavy atom. The molecule has 1 aliphatic heterocycles. The van der Waals surface area contributed by atoms with Crippen LogP contribution in [-0.2, 0) is 10.0 Å². The fourth-order valence-electron chi connectivity index (χ4n) is 3.68. The predicted octanol–water partition coefficient (Wildman–Crippen LogP) is 4.30. The first-order valence-corrected chi connectivity index (χ1v) is 13.1. The van der Waals surface area contributed by atoms with E-state index in [1.54, 1.807) is 18.3 Å². The minimum absolute atomic E-state index is 0.0447. The summed E-state index contributed by atoms with van der Waals surface area (Å²) < 4.78 is 60.3. The Morgan fingerprint density at radius 3 is 2.64 bits per heavy atom. The van der Waals surface area contributed by atoms with Crippen molar-refractivity contribution in [1.82, 2.24) is 14.6 Å². The average Bonchev–Trinajstić information content (AvgIpc) is 3.32. The van der Waals surface area contributed by atoms with Gasteiger partial charge in [0.05, 0.1) is 10.6 Å². The van der Waals surface area contributed by atoms with Crippen molar-refractivity contribution in [3.8, 4) is 16.3 Å². The van der Waals surface area contributed by atoms with Crippen LogP contribution in [0.5, 0.6) is 5.75 Å². The molecule has 2 aromatic heterocycles. The molecule has 33 heavy (non-hydrogen) atoms. The van der Waals surface area contributed by atoms with E-state index in [-0.39, 0.29) is 10.3 Å². The van der Waals surface area contributed by atoms with Crippen LogP contribution in [0, 0.1) is 11.6 Å². The Morgan fingerprint density at radius 2 is 1.91 bits per heavy atom. The molecule has 1 aromatic carbocycles. The van der Waals surface area contributed by atoms with E-state index in [1.165, 1.54) is 17.4 Å². The lowest BCUT2D eigenvalue weighted by molar-refractivity contribution is 0.0998. The van der Waals surface area contributed by atoms with Crippen molar-refractivity contribution >= 4 is 21.4 Å². The molecule has 1 aliphatic rings. The summed E-state index contributed by atoms with van der Waals surface area (Å²) in [7, 11) is -3.56. The van der Waals surface area contributed by atoms with Gasteiger partial charge in [-0.2, -0.15) is 0 Å². The number of aromatic nitrogens is 1. The summed E-state index contributed by atoms with van der Waals surface area (Å²) in [6, 6.07) is 12.5. The van der Waals surface area contributed by atoms with Gasteiger partial charge >= 0.3 is 0 Å². The van der Waals surface area contributed by atoms with Gasteiger partial charge in [-0.25, -0.2) is 21.9 Å². The van der Waals surface area contributed by atoms with Gasteiger partial charge in [-0.3, -0.25) is 4.98 Å². The van der Waals surface area contributed by atoms with Gasteiger partial charge in [0.15, 0.2) is 11.6 Å². The number of hydrogen-bond acceptors (Lipinski definition) is 6. The molecule has 4 rings (SSSR count). The highest BCUT2D eigenvalue weighted by molar-refractivity contribution is 7.91. The second-order valence-corrected chi connectivity index (χ2v) is 10.9. The summed E-state index contributed by atoms with van der Waals surface area (Å²) >= 11 is 1.20. The number of nitrogens with zero attached hydrogens (tertiary/aromatic N) is 2. The molecule has 0 saturated carbocycles. The Kier molecular flexibility index (Phi) is 7.69. The maximum absolute atomic E-state index is 13.3. The molecule has 0 unspecified atom stereocenters. The van der Waals surface area contributed by atoms with Gasteiger partial charge in [0.25, 0.3) is 0 Å². The monoisotopic (exact) mass is 493 g/mol. The van der Waals surface area contributed by atoms with Gasteiger partial charge in [0, 0.05) is 31.9 Å². The van der Waals surface area contributed by atoms with Crippen LogP contribution in [0.15, 0.2) is 58.9 Å². The molecule has 10 heteroatoms. The van der Waals surface area contributed by atoms with E-state index < -0.39 is 21.7 Å². The molecule has 0 amide bonds. The van der Waals surface area contributed by atoms with Crippen molar-refractivity contribution in [1.29, 1.82) is 0 Å². The van der Waals surface area contributed by atoms with Crippen molar-refractivity contribution in [2.24, 2.45) is 0 Å². The zero-order valence-electron chi connectivity index (χ0n) is 17.9. The Balaban J connectivity index is 1.18. The number of pyridine rings is 1. The number of likely N-dealkylation sites (tertiary alicyclic amines) is 1. The highest BCUT2D eigenvalue weighted by atomic mass is 32.2. The van der Waals surface area contributed by atoms with E-state index in [0.29, 0.717) is 18.7 Å². The molecule has 6 nitrogen and oxygen atoms in total. The second kappa shape index (κ2) is 10.7. The number of hydrogen-bond donors (Lipinski definition) is 1. The number of thiophene rings is 1. The molecular weight excluding hydrogens is 468 g/mol. The molecule has 1 saturated heterocycles. The predicted molar refractivity (Wildman–Crippen MR) is 124 cm³/mol. The second-order valence-electron chi connectivity index (χ2n) is 7.82. The number of nitrogens with one attached hydrogen (secondary N) is 1. The molecule has 0 spiro atoms. The zero-order valence-corrected chi connectivity index (χ0v) is 19.5. The van der Waals surface area contributed by atoms with Crippen LogP contribution in [0.1, 0.15) is 19.3 Å². The molecule has 1 fully saturated rings. The quantitative estimate of drug-likeness (QED) is 0.450. The Bertz CT molecular complexity index is 1160. The largest absolute Gasteiger partial charge is 0.490 e. The molecule has 176 valence electrons. The maximum atomic E-state index is 13.3. The van der Waals surface area contributed by atoms with Crippen molar-refractivity contribution < 1.29 is 21.9 Å². The first-order valence-electron chi connectivity index (χ1n) is 10.8. The van der Waals surface area contributed by atoms with Crippen molar-refractivity contribution in [2.75, 3.05) is 26.2 Å². The van der Waals surface area contributed by atoms with E-state index in [2.05, 4.69) is 14.6 Å². The number of piperidine rings is 1. The van der Waals surface area contributed by atoms with E-state index in [9.17, 15) is 17.2 Å². The SMILES string of the molecule is O=S(=O)(NCCCN1CCC(Oc2ccc(F)c(F)c2)CC1)c1ccc(-c2ccccn2)s1. The van der Waals surface area contributed by atoms with Crippen molar-refractivity contribution in [3.05, 3.63) is 66.4 Å². The first kappa shape index (κ1) is 23.7. The van der Waals surface area contributed by atoms with Gasteiger partial charge in [0.2, 0.25) is 10.0 Å². The van der Waals surface area contributed by atoms with Gasteiger partial charge in [-0.1, -0.05) is 6.07 Å². The third-order valence-electron chi connectivity index (χ3n) is 5.44. The third kappa shape index (κ3) is 6.35. The maximum Gasteiger partial charge on any atom is 0.250 e. The van der Waals surface area contributed by atoms with Crippen LogP contribution < -0.4 is 9.46 Å². The molecule has 0 bridgehead atoms. The lowest BCUT2D eigenvalue weighted by Gasteiger charge is -2.32. The fourth-order valence-corrected chi connectivity index (χ4v) is 6.09. The van der Waals surface area contributed by atoms with Gasteiger partial charge in [-0.05, 0) is 62.2 Å². The number of rotatable bonds is 9. The number of halogens is 2. The van der Waals surface area contributed by atoms with Gasteiger partial charge in [-0.15, -0.1) is 11.3 Å². The van der Waals surface area contributed by atoms with Gasteiger partial charge < -0.3 is 9.64 Å². The minimum atomic E-state index is -3.56. The summed E-state index contributed by atoms with van der Waals surface area (Å²) in [5, 5.41) is 0. The number of benzene rings is 1. The average molecular weight is 494 g/mol. The van der Waals surface area contributed by atoms with Crippen LogP contribution in [0.4, 0.5) is 8.78 Å². The van der Waals surface area contributed by atoms with Gasteiger partial charge in [0.1, 0.15) is 16.1 Å². The Labute approximate surface area is 196 Å². The highest BCUT2D eigenvalue weighted by Crippen LogP contribution is 2.29. The van der Waals surface area contributed by atoms with Crippen LogP contribution >= 0.6 is 11.3 Å². The lowest BCUT2D eigenvalue weighted by atomic mass is 10.1. The first-order chi connectivity index (χ1) is 15.9. The topological polar surface area (TPSA) is 71.5 Å².